The Hall–Kier alpha value is -0.960. The highest BCUT2D eigenvalue weighted by Crippen LogP contribution is 2.27. The maximum Gasteiger partial charge on any atom is 0.0541 e. The van der Waals surface area contributed by atoms with Crippen LogP contribution in [0.5, 0.6) is 0 Å². The van der Waals surface area contributed by atoms with Crippen molar-refractivity contribution in [1.82, 2.24) is 0 Å². The summed E-state index contributed by atoms with van der Waals surface area (Å²) in [6, 6.07) is 18.7. The summed E-state index contributed by atoms with van der Waals surface area (Å²) in [5.41, 5.74) is 7.56. The van der Waals surface area contributed by atoms with E-state index in [9.17, 15) is 0 Å². The highest BCUT2D eigenvalue weighted by Gasteiger charge is 2.06. The van der Waals surface area contributed by atoms with Gasteiger partial charge in [-0.2, -0.15) is 0 Å². The van der Waals surface area contributed by atoms with Crippen molar-refractivity contribution in [2.45, 2.75) is 30.2 Å². The number of thioether (sulfide) groups is 1. The third-order valence-corrected chi connectivity index (χ3v) is 4.88. The number of rotatable bonds is 7. The molecule has 0 bridgehead atoms. The van der Waals surface area contributed by atoms with Crippen LogP contribution in [0, 0.1) is 0 Å². The molecule has 20 heavy (non-hydrogen) atoms. The van der Waals surface area contributed by atoms with E-state index in [-0.39, 0.29) is 6.04 Å². The molecule has 0 radical (unpaired) electrons. The van der Waals surface area contributed by atoms with Crippen molar-refractivity contribution < 1.29 is 0 Å². The van der Waals surface area contributed by atoms with E-state index in [1.807, 2.05) is 24.3 Å². The number of nitrogens with two attached hydrogens (primary N) is 1. The monoisotopic (exact) mass is 305 g/mol. The predicted molar refractivity (Wildman–Crippen MR) is 89.5 cm³/mol. The molecule has 0 spiro atoms. The number of benzene rings is 2. The summed E-state index contributed by atoms with van der Waals surface area (Å²) < 4.78 is 0. The fourth-order valence-electron chi connectivity index (χ4n) is 2.05. The van der Waals surface area contributed by atoms with Gasteiger partial charge in [0.05, 0.1) is 5.02 Å². The first kappa shape index (κ1) is 15.4. The van der Waals surface area contributed by atoms with Crippen LogP contribution in [0.15, 0.2) is 59.5 Å². The van der Waals surface area contributed by atoms with E-state index in [0.29, 0.717) is 0 Å². The Balaban J connectivity index is 1.68. The number of hydrogen-bond donors (Lipinski definition) is 1. The highest BCUT2D eigenvalue weighted by molar-refractivity contribution is 7.99. The lowest BCUT2D eigenvalue weighted by Crippen LogP contribution is -2.22. The Labute approximate surface area is 130 Å². The van der Waals surface area contributed by atoms with Crippen LogP contribution in [-0.4, -0.2) is 11.8 Å². The third kappa shape index (κ3) is 5.20. The molecule has 2 aromatic rings. The van der Waals surface area contributed by atoms with Gasteiger partial charge in [-0.3, -0.25) is 0 Å². The molecule has 1 atom stereocenters. The maximum atomic E-state index is 6.17. The standard InChI is InChI=1S/C17H20ClNS/c18-16-11-4-5-12-17(16)20-13-15(19)10-6-9-14-7-2-1-3-8-14/h1-5,7-8,11-12,15H,6,9-10,13,19H2. The fourth-order valence-corrected chi connectivity index (χ4v) is 3.30. The van der Waals surface area contributed by atoms with Gasteiger partial charge in [-0.05, 0) is 37.0 Å². The Morgan fingerprint density at radius 1 is 1.00 bits per heavy atom. The van der Waals surface area contributed by atoms with Crippen LogP contribution in [0.1, 0.15) is 18.4 Å². The molecule has 0 saturated heterocycles. The second-order valence-corrected chi connectivity index (χ2v) is 6.35. The lowest BCUT2D eigenvalue weighted by atomic mass is 10.1. The molecule has 2 N–H and O–H groups in total. The van der Waals surface area contributed by atoms with Gasteiger partial charge in [0.2, 0.25) is 0 Å². The molecular weight excluding hydrogens is 286 g/mol. The van der Waals surface area contributed by atoms with Gasteiger partial charge in [-0.25, -0.2) is 0 Å². The van der Waals surface area contributed by atoms with Crippen LogP contribution < -0.4 is 5.73 Å². The van der Waals surface area contributed by atoms with Crippen molar-refractivity contribution >= 4 is 23.4 Å². The molecule has 0 aliphatic carbocycles. The molecular formula is C17H20ClNS. The number of halogens is 1. The van der Waals surface area contributed by atoms with Crippen molar-refractivity contribution in [2.24, 2.45) is 5.73 Å². The van der Waals surface area contributed by atoms with Crippen molar-refractivity contribution in [2.75, 3.05) is 5.75 Å². The van der Waals surface area contributed by atoms with Crippen molar-refractivity contribution in [3.05, 3.63) is 65.2 Å². The van der Waals surface area contributed by atoms with Crippen molar-refractivity contribution in [3.63, 3.8) is 0 Å². The molecule has 2 rings (SSSR count). The predicted octanol–water partition coefficient (Wildman–Crippen LogP) is 4.78. The molecule has 0 fully saturated rings. The molecule has 0 aromatic heterocycles. The Morgan fingerprint density at radius 2 is 1.70 bits per heavy atom. The lowest BCUT2D eigenvalue weighted by Gasteiger charge is -2.11. The van der Waals surface area contributed by atoms with Crippen LogP contribution in [0.25, 0.3) is 0 Å². The summed E-state index contributed by atoms with van der Waals surface area (Å²) >= 11 is 7.87. The van der Waals surface area contributed by atoms with Gasteiger partial charge < -0.3 is 5.73 Å². The Kier molecular flexibility index (Phi) is 6.44. The van der Waals surface area contributed by atoms with E-state index in [4.69, 9.17) is 17.3 Å². The van der Waals surface area contributed by atoms with E-state index in [1.54, 1.807) is 11.8 Å². The van der Waals surface area contributed by atoms with Crippen molar-refractivity contribution in [3.8, 4) is 0 Å². The molecule has 0 amide bonds. The largest absolute Gasteiger partial charge is 0.327 e. The molecule has 0 aliphatic rings. The molecule has 1 nitrogen and oxygen atoms in total. The maximum absolute atomic E-state index is 6.17. The quantitative estimate of drug-likeness (QED) is 0.745. The number of aryl methyl sites for hydroxylation is 1. The van der Waals surface area contributed by atoms with Gasteiger partial charge in [0.1, 0.15) is 0 Å². The van der Waals surface area contributed by atoms with Gasteiger partial charge in [0.15, 0.2) is 0 Å². The van der Waals surface area contributed by atoms with Crippen LogP contribution in [0.3, 0.4) is 0 Å². The molecule has 2 aromatic carbocycles. The summed E-state index contributed by atoms with van der Waals surface area (Å²) in [4.78, 5) is 1.12. The van der Waals surface area contributed by atoms with E-state index < -0.39 is 0 Å². The second kappa shape index (κ2) is 8.35. The number of hydrogen-bond acceptors (Lipinski definition) is 2. The minimum absolute atomic E-state index is 0.222. The van der Waals surface area contributed by atoms with Gasteiger partial charge >= 0.3 is 0 Å². The Morgan fingerprint density at radius 3 is 2.45 bits per heavy atom. The zero-order valence-electron chi connectivity index (χ0n) is 11.5. The summed E-state index contributed by atoms with van der Waals surface area (Å²) in [6.45, 7) is 0. The van der Waals surface area contributed by atoms with Gasteiger partial charge in [0, 0.05) is 16.7 Å². The molecule has 0 heterocycles. The van der Waals surface area contributed by atoms with E-state index in [0.717, 1.165) is 34.9 Å². The van der Waals surface area contributed by atoms with Crippen LogP contribution in [0.4, 0.5) is 0 Å². The second-order valence-electron chi connectivity index (χ2n) is 4.88. The molecule has 106 valence electrons. The zero-order chi connectivity index (χ0) is 14.2. The SMILES string of the molecule is NC(CCCc1ccccc1)CSc1ccccc1Cl. The smallest absolute Gasteiger partial charge is 0.0541 e. The highest BCUT2D eigenvalue weighted by atomic mass is 35.5. The van der Waals surface area contributed by atoms with Crippen LogP contribution in [0.2, 0.25) is 5.02 Å². The lowest BCUT2D eigenvalue weighted by molar-refractivity contribution is 0.631. The normalized spacial score (nSPS) is 12.3. The van der Waals surface area contributed by atoms with Gasteiger partial charge in [0.25, 0.3) is 0 Å². The minimum atomic E-state index is 0.222. The topological polar surface area (TPSA) is 26.0 Å². The van der Waals surface area contributed by atoms with E-state index in [1.165, 1.54) is 5.56 Å². The average molecular weight is 306 g/mol. The summed E-state index contributed by atoms with van der Waals surface area (Å²) in [6.07, 6.45) is 3.28. The first-order valence-corrected chi connectivity index (χ1v) is 8.29. The molecule has 0 aliphatic heterocycles. The van der Waals surface area contributed by atoms with E-state index in [2.05, 4.69) is 30.3 Å². The van der Waals surface area contributed by atoms with Crippen molar-refractivity contribution in [1.29, 1.82) is 0 Å². The third-order valence-electron chi connectivity index (χ3n) is 3.17. The molecule has 1 unspecified atom stereocenters. The zero-order valence-corrected chi connectivity index (χ0v) is 13.0. The molecule has 3 heteroatoms. The average Bonchev–Trinajstić information content (AvgIpc) is 2.47. The Bertz CT molecular complexity index is 515. The molecule has 0 saturated carbocycles. The first-order valence-electron chi connectivity index (χ1n) is 6.92. The van der Waals surface area contributed by atoms with Crippen LogP contribution in [-0.2, 0) is 6.42 Å². The van der Waals surface area contributed by atoms with E-state index >= 15 is 0 Å². The van der Waals surface area contributed by atoms with Gasteiger partial charge in [-0.15, -0.1) is 11.8 Å². The van der Waals surface area contributed by atoms with Gasteiger partial charge in [-0.1, -0.05) is 54.1 Å². The first-order chi connectivity index (χ1) is 9.75. The summed E-state index contributed by atoms with van der Waals surface area (Å²) in [7, 11) is 0. The summed E-state index contributed by atoms with van der Waals surface area (Å²) in [5.74, 6) is 0.915. The minimum Gasteiger partial charge on any atom is -0.327 e. The fraction of sp³-hybridized carbons (Fsp3) is 0.294. The van der Waals surface area contributed by atoms with Crippen LogP contribution >= 0.6 is 23.4 Å². The summed E-state index contributed by atoms with van der Waals surface area (Å²) in [5, 5.41) is 0.814.